The van der Waals surface area contributed by atoms with Crippen molar-refractivity contribution >= 4 is 0 Å². The third kappa shape index (κ3) is 2.87. The maximum Gasteiger partial charge on any atom is 0.240 e. The monoisotopic (exact) mass is 221 g/mol. The quantitative estimate of drug-likeness (QED) is 0.855. The number of nitrogens with zero attached hydrogens (tertiary/aromatic N) is 2. The van der Waals surface area contributed by atoms with Gasteiger partial charge in [0.05, 0.1) is 6.54 Å². The topological polar surface area (TPSA) is 51.0 Å². The molecule has 1 aromatic heterocycles. The molecular formula is C11H12FN3O. The lowest BCUT2D eigenvalue weighted by atomic mass is 10.2. The number of aryl methyl sites for hydroxylation is 1. The van der Waals surface area contributed by atoms with E-state index < -0.39 is 0 Å². The van der Waals surface area contributed by atoms with Gasteiger partial charge in [0.1, 0.15) is 5.82 Å². The van der Waals surface area contributed by atoms with Crippen LogP contribution in [0.5, 0.6) is 0 Å². The molecule has 0 amide bonds. The number of hydrogen-bond donors (Lipinski definition) is 1. The summed E-state index contributed by atoms with van der Waals surface area (Å²) in [5.74, 6) is 0.953. The van der Waals surface area contributed by atoms with Crippen molar-refractivity contribution < 1.29 is 8.91 Å². The molecule has 0 aliphatic rings. The number of nitrogens with one attached hydrogen (secondary N) is 1. The average molecular weight is 221 g/mol. The van der Waals surface area contributed by atoms with Crippen molar-refractivity contribution in [2.75, 3.05) is 0 Å². The number of halogens is 1. The molecule has 0 atom stereocenters. The minimum absolute atomic E-state index is 0.226. The maximum absolute atomic E-state index is 12.6. The van der Waals surface area contributed by atoms with Crippen LogP contribution >= 0.6 is 0 Å². The van der Waals surface area contributed by atoms with Gasteiger partial charge in [-0.25, -0.2) is 4.39 Å². The Hall–Kier alpha value is -1.75. The van der Waals surface area contributed by atoms with E-state index in [0.29, 0.717) is 24.8 Å². The zero-order valence-corrected chi connectivity index (χ0v) is 8.90. The Bertz CT molecular complexity index is 453. The van der Waals surface area contributed by atoms with Gasteiger partial charge in [0, 0.05) is 6.54 Å². The summed E-state index contributed by atoms with van der Waals surface area (Å²) >= 11 is 0. The Morgan fingerprint density at radius 2 is 2.00 bits per heavy atom. The highest BCUT2D eigenvalue weighted by atomic mass is 19.1. The third-order valence-corrected chi connectivity index (χ3v) is 2.09. The van der Waals surface area contributed by atoms with E-state index in [1.165, 1.54) is 12.1 Å². The van der Waals surface area contributed by atoms with E-state index in [2.05, 4.69) is 15.5 Å². The summed E-state index contributed by atoms with van der Waals surface area (Å²) in [6.07, 6.45) is 0. The fraction of sp³-hybridized carbons (Fsp3) is 0.273. The maximum atomic E-state index is 12.6. The molecule has 0 saturated carbocycles. The van der Waals surface area contributed by atoms with Gasteiger partial charge in [-0.05, 0) is 24.6 Å². The van der Waals surface area contributed by atoms with E-state index in [1.54, 1.807) is 19.1 Å². The predicted octanol–water partition coefficient (Wildman–Crippen LogP) is 1.81. The van der Waals surface area contributed by atoms with E-state index in [0.717, 1.165) is 5.56 Å². The Labute approximate surface area is 92.5 Å². The molecule has 5 heteroatoms. The molecule has 0 aliphatic carbocycles. The highest BCUT2D eigenvalue weighted by Crippen LogP contribution is 2.02. The minimum Gasteiger partial charge on any atom is -0.338 e. The first kappa shape index (κ1) is 10.8. The van der Waals surface area contributed by atoms with E-state index in [-0.39, 0.29) is 5.82 Å². The van der Waals surface area contributed by atoms with Crippen molar-refractivity contribution in [2.24, 2.45) is 0 Å². The van der Waals surface area contributed by atoms with Crippen molar-refractivity contribution in [1.82, 2.24) is 15.5 Å². The highest BCUT2D eigenvalue weighted by Gasteiger charge is 2.01. The SMILES string of the molecule is Cc1noc(CNCc2ccc(F)cc2)n1. The summed E-state index contributed by atoms with van der Waals surface area (Å²) in [4.78, 5) is 4.06. The van der Waals surface area contributed by atoms with Gasteiger partial charge in [0.15, 0.2) is 5.82 Å². The predicted molar refractivity (Wildman–Crippen MR) is 56.0 cm³/mol. The molecule has 84 valence electrons. The first-order valence-corrected chi connectivity index (χ1v) is 4.98. The zero-order chi connectivity index (χ0) is 11.4. The Balaban J connectivity index is 1.82. The standard InChI is InChI=1S/C11H12FN3O/c1-8-14-11(16-15-8)7-13-6-9-2-4-10(12)5-3-9/h2-5,13H,6-7H2,1H3. The van der Waals surface area contributed by atoms with Gasteiger partial charge in [-0.1, -0.05) is 17.3 Å². The molecule has 2 rings (SSSR count). The first-order chi connectivity index (χ1) is 7.74. The van der Waals surface area contributed by atoms with Gasteiger partial charge in [0.2, 0.25) is 5.89 Å². The lowest BCUT2D eigenvalue weighted by Gasteiger charge is -2.01. The van der Waals surface area contributed by atoms with E-state index in [4.69, 9.17) is 4.52 Å². The summed E-state index contributed by atoms with van der Waals surface area (Å²) in [5.41, 5.74) is 1.01. The van der Waals surface area contributed by atoms with Crippen LogP contribution in [0.1, 0.15) is 17.3 Å². The van der Waals surface area contributed by atoms with Crippen LogP contribution in [0.15, 0.2) is 28.8 Å². The number of benzene rings is 1. The Morgan fingerprint density at radius 1 is 1.25 bits per heavy atom. The second-order valence-electron chi connectivity index (χ2n) is 3.47. The molecule has 0 aliphatic heterocycles. The zero-order valence-electron chi connectivity index (χ0n) is 8.90. The Morgan fingerprint density at radius 3 is 2.62 bits per heavy atom. The number of hydrogen-bond acceptors (Lipinski definition) is 4. The minimum atomic E-state index is -0.226. The van der Waals surface area contributed by atoms with Crippen LogP contribution in [-0.4, -0.2) is 10.1 Å². The molecule has 0 fully saturated rings. The second-order valence-corrected chi connectivity index (χ2v) is 3.47. The summed E-state index contributed by atoms with van der Waals surface area (Å²) in [6.45, 7) is 2.92. The number of aromatic nitrogens is 2. The summed E-state index contributed by atoms with van der Waals surface area (Å²) in [5, 5.41) is 6.81. The molecule has 1 heterocycles. The Kier molecular flexibility index (Phi) is 3.26. The van der Waals surface area contributed by atoms with Gasteiger partial charge in [-0.3, -0.25) is 0 Å². The molecule has 0 unspecified atom stereocenters. The van der Waals surface area contributed by atoms with Crippen molar-refractivity contribution in [2.45, 2.75) is 20.0 Å². The molecule has 16 heavy (non-hydrogen) atoms. The van der Waals surface area contributed by atoms with Crippen molar-refractivity contribution in [3.63, 3.8) is 0 Å². The van der Waals surface area contributed by atoms with Crippen LogP contribution in [0.25, 0.3) is 0 Å². The van der Waals surface area contributed by atoms with Gasteiger partial charge >= 0.3 is 0 Å². The summed E-state index contributed by atoms with van der Waals surface area (Å²) < 4.78 is 17.6. The lowest BCUT2D eigenvalue weighted by molar-refractivity contribution is 0.364. The van der Waals surface area contributed by atoms with Gasteiger partial charge < -0.3 is 9.84 Å². The van der Waals surface area contributed by atoms with Crippen LogP contribution in [-0.2, 0) is 13.1 Å². The average Bonchev–Trinajstić information content (AvgIpc) is 2.67. The fourth-order valence-electron chi connectivity index (χ4n) is 1.33. The molecule has 1 N–H and O–H groups in total. The second kappa shape index (κ2) is 4.85. The normalized spacial score (nSPS) is 10.6. The van der Waals surface area contributed by atoms with Crippen LogP contribution in [0.4, 0.5) is 4.39 Å². The van der Waals surface area contributed by atoms with Crippen molar-refractivity contribution in [1.29, 1.82) is 0 Å². The van der Waals surface area contributed by atoms with E-state index in [9.17, 15) is 4.39 Å². The van der Waals surface area contributed by atoms with Crippen LogP contribution in [0, 0.1) is 12.7 Å². The van der Waals surface area contributed by atoms with E-state index >= 15 is 0 Å². The molecule has 4 nitrogen and oxygen atoms in total. The van der Waals surface area contributed by atoms with Crippen LogP contribution < -0.4 is 5.32 Å². The van der Waals surface area contributed by atoms with Gasteiger partial charge in [-0.2, -0.15) is 4.98 Å². The molecule has 0 radical (unpaired) electrons. The largest absolute Gasteiger partial charge is 0.338 e. The molecular weight excluding hydrogens is 209 g/mol. The third-order valence-electron chi connectivity index (χ3n) is 2.09. The van der Waals surface area contributed by atoms with Gasteiger partial charge in [-0.15, -0.1) is 0 Å². The highest BCUT2D eigenvalue weighted by molar-refractivity contribution is 5.15. The summed E-state index contributed by atoms with van der Waals surface area (Å²) in [7, 11) is 0. The van der Waals surface area contributed by atoms with E-state index in [1.807, 2.05) is 0 Å². The molecule has 0 saturated heterocycles. The molecule has 0 spiro atoms. The van der Waals surface area contributed by atoms with Crippen LogP contribution in [0.3, 0.4) is 0 Å². The van der Waals surface area contributed by atoms with Crippen LogP contribution in [0.2, 0.25) is 0 Å². The van der Waals surface area contributed by atoms with Crippen molar-refractivity contribution in [3.8, 4) is 0 Å². The summed E-state index contributed by atoms with van der Waals surface area (Å²) in [6, 6.07) is 6.35. The molecule has 1 aromatic carbocycles. The smallest absolute Gasteiger partial charge is 0.240 e. The van der Waals surface area contributed by atoms with Gasteiger partial charge in [0.25, 0.3) is 0 Å². The lowest BCUT2D eigenvalue weighted by Crippen LogP contribution is -2.12. The number of rotatable bonds is 4. The van der Waals surface area contributed by atoms with Crippen molar-refractivity contribution in [3.05, 3.63) is 47.4 Å². The first-order valence-electron chi connectivity index (χ1n) is 4.98. The molecule has 2 aromatic rings. The fourth-order valence-corrected chi connectivity index (χ4v) is 1.33. The molecule has 0 bridgehead atoms.